The van der Waals surface area contributed by atoms with Crippen molar-refractivity contribution in [3.63, 3.8) is 0 Å². The molecular weight excluding hydrogens is 304 g/mol. The van der Waals surface area contributed by atoms with Gasteiger partial charge in [-0.15, -0.1) is 0 Å². The molecule has 4 nitrogen and oxygen atoms in total. The van der Waals surface area contributed by atoms with Gasteiger partial charge in [0, 0.05) is 18.0 Å². The van der Waals surface area contributed by atoms with Gasteiger partial charge in [0.05, 0.1) is 31.8 Å². The molecule has 126 valence electrons. The summed E-state index contributed by atoms with van der Waals surface area (Å²) in [5.41, 5.74) is 0.0622. The number of aliphatic hydroxyl groups excluding tert-OH is 1. The van der Waals surface area contributed by atoms with Gasteiger partial charge in [0.25, 0.3) is 0 Å². The summed E-state index contributed by atoms with van der Waals surface area (Å²) in [5, 5.41) is 10.1. The zero-order chi connectivity index (χ0) is 16.4. The molecule has 3 unspecified atom stereocenters. The molecule has 0 radical (unpaired) electrons. The summed E-state index contributed by atoms with van der Waals surface area (Å²) >= 11 is 0. The van der Waals surface area contributed by atoms with E-state index in [-0.39, 0.29) is 29.9 Å². The molecule has 1 aromatic rings. The van der Waals surface area contributed by atoms with Crippen molar-refractivity contribution in [2.75, 3.05) is 19.8 Å². The van der Waals surface area contributed by atoms with Crippen LogP contribution in [-0.2, 0) is 16.0 Å². The fourth-order valence-corrected chi connectivity index (χ4v) is 3.65. The van der Waals surface area contributed by atoms with Crippen LogP contribution in [0.3, 0.4) is 0 Å². The van der Waals surface area contributed by atoms with Gasteiger partial charge < -0.3 is 14.7 Å². The van der Waals surface area contributed by atoms with Gasteiger partial charge in [0.15, 0.2) is 11.6 Å². The molecule has 2 fully saturated rings. The molecule has 2 aliphatic rings. The van der Waals surface area contributed by atoms with Crippen molar-refractivity contribution in [3.8, 4) is 0 Å². The highest BCUT2D eigenvalue weighted by molar-refractivity contribution is 5.79. The fourth-order valence-electron chi connectivity index (χ4n) is 3.65. The minimum Gasteiger partial charge on any atom is -0.393 e. The predicted molar refractivity (Wildman–Crippen MR) is 79.7 cm³/mol. The second kappa shape index (κ2) is 6.93. The molecule has 1 heterocycles. The highest BCUT2D eigenvalue weighted by Crippen LogP contribution is 2.32. The molecule has 0 spiro atoms. The summed E-state index contributed by atoms with van der Waals surface area (Å²) in [6.07, 6.45) is 1.92. The number of hydrogen-bond acceptors (Lipinski definition) is 3. The van der Waals surface area contributed by atoms with E-state index in [0.29, 0.717) is 19.8 Å². The first-order valence-corrected chi connectivity index (χ1v) is 8.06. The third-order valence-corrected chi connectivity index (χ3v) is 4.88. The molecule has 0 aromatic heterocycles. The van der Waals surface area contributed by atoms with Crippen LogP contribution in [0.4, 0.5) is 8.78 Å². The number of benzene rings is 1. The first-order chi connectivity index (χ1) is 11.1. The van der Waals surface area contributed by atoms with Crippen LogP contribution in [-0.4, -0.2) is 47.8 Å². The largest absolute Gasteiger partial charge is 0.393 e. The zero-order valence-electron chi connectivity index (χ0n) is 12.9. The van der Waals surface area contributed by atoms with Crippen LogP contribution < -0.4 is 0 Å². The number of amides is 1. The summed E-state index contributed by atoms with van der Waals surface area (Å²) in [5.74, 6) is -2.16. The van der Waals surface area contributed by atoms with Crippen molar-refractivity contribution < 1.29 is 23.4 Å². The maximum atomic E-state index is 13.8. The van der Waals surface area contributed by atoms with Crippen molar-refractivity contribution in [1.29, 1.82) is 0 Å². The van der Waals surface area contributed by atoms with E-state index in [9.17, 15) is 18.7 Å². The van der Waals surface area contributed by atoms with Gasteiger partial charge in [0.1, 0.15) is 0 Å². The van der Waals surface area contributed by atoms with E-state index < -0.39 is 17.7 Å². The Balaban J connectivity index is 1.75. The molecule has 23 heavy (non-hydrogen) atoms. The maximum Gasteiger partial charge on any atom is 0.227 e. The first kappa shape index (κ1) is 16.3. The highest BCUT2D eigenvalue weighted by Gasteiger charge is 2.39. The van der Waals surface area contributed by atoms with Gasteiger partial charge >= 0.3 is 0 Å². The Morgan fingerprint density at radius 3 is 2.91 bits per heavy atom. The third kappa shape index (κ3) is 3.38. The summed E-state index contributed by atoms with van der Waals surface area (Å²) < 4.78 is 32.5. The third-order valence-electron chi connectivity index (χ3n) is 4.88. The molecule has 0 bridgehead atoms. The molecule has 1 aromatic carbocycles. The number of hydrogen-bond donors (Lipinski definition) is 1. The van der Waals surface area contributed by atoms with Crippen molar-refractivity contribution in [1.82, 2.24) is 4.90 Å². The Morgan fingerprint density at radius 1 is 1.35 bits per heavy atom. The maximum absolute atomic E-state index is 13.8. The first-order valence-electron chi connectivity index (χ1n) is 8.06. The molecule has 3 rings (SSSR count). The normalized spacial score (nSPS) is 28.1. The minimum absolute atomic E-state index is 0.00314. The average molecular weight is 325 g/mol. The van der Waals surface area contributed by atoms with Gasteiger partial charge in [-0.3, -0.25) is 4.79 Å². The Morgan fingerprint density at radius 2 is 2.17 bits per heavy atom. The molecule has 1 amide bonds. The summed E-state index contributed by atoms with van der Waals surface area (Å²) in [7, 11) is 0. The van der Waals surface area contributed by atoms with Crippen molar-refractivity contribution in [2.45, 2.75) is 37.8 Å². The van der Waals surface area contributed by atoms with E-state index in [4.69, 9.17) is 4.74 Å². The predicted octanol–water partition coefficient (Wildman–Crippen LogP) is 1.90. The van der Waals surface area contributed by atoms with E-state index in [0.717, 1.165) is 25.3 Å². The Hall–Kier alpha value is -1.53. The lowest BCUT2D eigenvalue weighted by atomic mass is 9.93. The van der Waals surface area contributed by atoms with Crippen LogP contribution in [0.25, 0.3) is 0 Å². The molecule has 1 saturated heterocycles. The Bertz CT molecular complexity index is 581. The number of rotatable bonds is 3. The van der Waals surface area contributed by atoms with Crippen LogP contribution in [0.2, 0.25) is 0 Å². The second-order valence-corrected chi connectivity index (χ2v) is 6.28. The molecule has 1 saturated carbocycles. The van der Waals surface area contributed by atoms with Gasteiger partial charge in [-0.1, -0.05) is 18.6 Å². The monoisotopic (exact) mass is 325 g/mol. The average Bonchev–Trinajstić information content (AvgIpc) is 2.98. The number of aliphatic hydroxyl groups is 1. The van der Waals surface area contributed by atoms with E-state index in [1.54, 1.807) is 4.90 Å². The lowest BCUT2D eigenvalue weighted by Gasteiger charge is -2.40. The standard InChI is InChI=1S/C17H21F2NO3/c18-13-5-1-3-11(17(13)19)9-16(22)20-7-8-23-10-14(20)12-4-2-6-15(12)21/h1,3,5,12,14-15,21H,2,4,6-10H2. The number of ether oxygens (including phenoxy) is 1. The van der Waals surface area contributed by atoms with Gasteiger partial charge in [-0.05, 0) is 18.9 Å². The number of morpholine rings is 1. The number of nitrogens with zero attached hydrogens (tertiary/aromatic N) is 1. The molecule has 1 N–H and O–H groups in total. The summed E-state index contributed by atoms with van der Waals surface area (Å²) in [6.45, 7) is 1.24. The highest BCUT2D eigenvalue weighted by atomic mass is 19.2. The quantitative estimate of drug-likeness (QED) is 0.923. The topological polar surface area (TPSA) is 49.8 Å². The Labute approximate surface area is 134 Å². The van der Waals surface area contributed by atoms with E-state index >= 15 is 0 Å². The van der Waals surface area contributed by atoms with Crippen LogP contribution in [0.15, 0.2) is 18.2 Å². The van der Waals surface area contributed by atoms with Crippen LogP contribution in [0, 0.1) is 17.6 Å². The molecule has 1 aliphatic heterocycles. The summed E-state index contributed by atoms with van der Waals surface area (Å²) in [6, 6.07) is 3.68. The second-order valence-electron chi connectivity index (χ2n) is 6.28. The summed E-state index contributed by atoms with van der Waals surface area (Å²) in [4.78, 5) is 14.3. The number of carbonyl (C=O) groups excluding carboxylic acids is 1. The van der Waals surface area contributed by atoms with Crippen molar-refractivity contribution in [2.24, 2.45) is 5.92 Å². The smallest absolute Gasteiger partial charge is 0.227 e. The van der Waals surface area contributed by atoms with Crippen molar-refractivity contribution >= 4 is 5.91 Å². The SMILES string of the molecule is O=C(Cc1cccc(F)c1F)N1CCOCC1C1CCCC1O. The minimum atomic E-state index is -0.966. The fraction of sp³-hybridized carbons (Fsp3) is 0.588. The zero-order valence-corrected chi connectivity index (χ0v) is 12.9. The number of carbonyl (C=O) groups is 1. The van der Waals surface area contributed by atoms with Gasteiger partial charge in [-0.2, -0.15) is 0 Å². The molecule has 6 heteroatoms. The Kier molecular flexibility index (Phi) is 4.92. The van der Waals surface area contributed by atoms with Gasteiger partial charge in [-0.25, -0.2) is 8.78 Å². The molecular formula is C17H21F2NO3. The van der Waals surface area contributed by atoms with E-state index in [1.807, 2.05) is 0 Å². The lowest BCUT2D eigenvalue weighted by molar-refractivity contribution is -0.143. The molecule has 1 aliphatic carbocycles. The van der Waals surface area contributed by atoms with Crippen molar-refractivity contribution in [3.05, 3.63) is 35.4 Å². The molecule has 3 atom stereocenters. The van der Waals surface area contributed by atoms with E-state index in [2.05, 4.69) is 0 Å². The van der Waals surface area contributed by atoms with E-state index in [1.165, 1.54) is 12.1 Å². The van der Waals surface area contributed by atoms with Crippen LogP contribution in [0.5, 0.6) is 0 Å². The lowest BCUT2D eigenvalue weighted by Crippen LogP contribution is -2.54. The number of halogens is 2. The van der Waals surface area contributed by atoms with Crippen LogP contribution in [0.1, 0.15) is 24.8 Å². The van der Waals surface area contributed by atoms with Gasteiger partial charge in [0.2, 0.25) is 5.91 Å². The van der Waals surface area contributed by atoms with Crippen LogP contribution >= 0.6 is 0 Å².